The molecule has 3 rings (SSSR count). The molecule has 0 N–H and O–H groups in total. The molecule has 0 spiro atoms. The average molecular weight is 302 g/mol. The largest absolute Gasteiger partial charge is 0.378 e. The van der Waals surface area contributed by atoms with E-state index in [0.717, 1.165) is 45.6 Å². The number of hydrogen-bond donors (Lipinski definition) is 0. The van der Waals surface area contributed by atoms with Gasteiger partial charge in [-0.15, -0.1) is 0 Å². The van der Waals surface area contributed by atoms with E-state index in [0.29, 0.717) is 19.1 Å². The molecular formula is C18H26N2O2. The predicted octanol–water partition coefficient (Wildman–Crippen LogP) is 2.07. The Hall–Kier alpha value is -1.39. The maximum absolute atomic E-state index is 12.5. The van der Waals surface area contributed by atoms with Crippen molar-refractivity contribution in [2.24, 2.45) is 5.92 Å². The van der Waals surface area contributed by atoms with E-state index in [1.807, 2.05) is 4.90 Å². The molecule has 1 amide bonds. The maximum atomic E-state index is 12.5. The molecular weight excluding hydrogens is 276 g/mol. The lowest BCUT2D eigenvalue weighted by molar-refractivity contribution is -0.141. The van der Waals surface area contributed by atoms with Crippen LogP contribution in [0.5, 0.6) is 0 Å². The third-order valence-corrected chi connectivity index (χ3v) is 4.91. The number of ether oxygens (including phenoxy) is 1. The summed E-state index contributed by atoms with van der Waals surface area (Å²) >= 11 is 0. The van der Waals surface area contributed by atoms with Crippen LogP contribution in [0.3, 0.4) is 0 Å². The molecule has 0 unspecified atom stereocenters. The van der Waals surface area contributed by atoms with Crippen molar-refractivity contribution in [3.8, 4) is 0 Å². The number of carbonyl (C=O) groups excluding carboxylic acids is 1. The van der Waals surface area contributed by atoms with Crippen molar-refractivity contribution in [3.05, 3.63) is 35.4 Å². The molecule has 4 nitrogen and oxygen atoms in total. The van der Waals surface area contributed by atoms with Crippen LogP contribution in [0.1, 0.15) is 24.0 Å². The van der Waals surface area contributed by atoms with E-state index >= 15 is 0 Å². The Balaban J connectivity index is 1.50. The van der Waals surface area contributed by atoms with Crippen molar-refractivity contribution < 1.29 is 9.53 Å². The molecule has 1 aromatic rings. The molecule has 0 saturated carbocycles. The van der Waals surface area contributed by atoms with Gasteiger partial charge in [0.15, 0.2) is 0 Å². The molecule has 2 aliphatic heterocycles. The van der Waals surface area contributed by atoms with Gasteiger partial charge in [0.25, 0.3) is 0 Å². The summed E-state index contributed by atoms with van der Waals surface area (Å²) in [6.45, 7) is 8.14. The molecule has 2 saturated heterocycles. The summed E-state index contributed by atoms with van der Waals surface area (Å²) in [6.07, 6.45) is 1.98. The summed E-state index contributed by atoms with van der Waals surface area (Å²) in [4.78, 5) is 17.0. The van der Waals surface area contributed by atoms with Crippen molar-refractivity contribution in [2.75, 3.05) is 39.4 Å². The van der Waals surface area contributed by atoms with Crippen LogP contribution in [0.2, 0.25) is 0 Å². The van der Waals surface area contributed by atoms with Crippen LogP contribution < -0.4 is 0 Å². The van der Waals surface area contributed by atoms with Gasteiger partial charge in [0.2, 0.25) is 5.91 Å². The SMILES string of the molecule is Cc1ccccc1CN1CCC(C(=O)N2CCOCC2)CC1. The van der Waals surface area contributed by atoms with Crippen molar-refractivity contribution >= 4 is 5.91 Å². The van der Waals surface area contributed by atoms with E-state index in [-0.39, 0.29) is 5.92 Å². The van der Waals surface area contributed by atoms with Gasteiger partial charge in [0.05, 0.1) is 13.2 Å². The molecule has 22 heavy (non-hydrogen) atoms. The number of rotatable bonds is 3. The van der Waals surface area contributed by atoms with E-state index in [9.17, 15) is 4.79 Å². The normalized spacial score (nSPS) is 21.0. The first-order valence-corrected chi connectivity index (χ1v) is 8.37. The zero-order chi connectivity index (χ0) is 15.4. The van der Waals surface area contributed by atoms with Gasteiger partial charge in [0.1, 0.15) is 0 Å². The van der Waals surface area contributed by atoms with Gasteiger partial charge in [0, 0.05) is 25.6 Å². The third kappa shape index (κ3) is 3.68. The fraction of sp³-hybridized carbons (Fsp3) is 0.611. The summed E-state index contributed by atoms with van der Waals surface area (Å²) in [5.74, 6) is 0.560. The lowest BCUT2D eigenvalue weighted by Crippen LogP contribution is -2.46. The fourth-order valence-corrected chi connectivity index (χ4v) is 3.41. The minimum absolute atomic E-state index is 0.214. The Bertz CT molecular complexity index is 504. The number of amides is 1. The van der Waals surface area contributed by atoms with Gasteiger partial charge in [-0.2, -0.15) is 0 Å². The number of carbonyl (C=O) groups is 1. The summed E-state index contributed by atoms with van der Waals surface area (Å²) in [5.41, 5.74) is 2.76. The highest BCUT2D eigenvalue weighted by Gasteiger charge is 2.29. The van der Waals surface area contributed by atoms with Gasteiger partial charge in [-0.05, 0) is 44.0 Å². The highest BCUT2D eigenvalue weighted by molar-refractivity contribution is 5.79. The number of likely N-dealkylation sites (tertiary alicyclic amines) is 1. The van der Waals surface area contributed by atoms with E-state index in [4.69, 9.17) is 4.74 Å². The van der Waals surface area contributed by atoms with Crippen LogP contribution in [0.25, 0.3) is 0 Å². The quantitative estimate of drug-likeness (QED) is 0.857. The van der Waals surface area contributed by atoms with Gasteiger partial charge in [-0.3, -0.25) is 9.69 Å². The standard InChI is InChI=1S/C18H26N2O2/c1-15-4-2-3-5-17(15)14-19-8-6-16(7-9-19)18(21)20-10-12-22-13-11-20/h2-5,16H,6-14H2,1H3. The van der Waals surface area contributed by atoms with Crippen LogP contribution in [0.15, 0.2) is 24.3 Å². The Morgan fingerprint density at radius 3 is 2.50 bits per heavy atom. The number of aryl methyl sites for hydroxylation is 1. The molecule has 0 radical (unpaired) electrons. The minimum Gasteiger partial charge on any atom is -0.378 e. The highest BCUT2D eigenvalue weighted by Crippen LogP contribution is 2.22. The topological polar surface area (TPSA) is 32.8 Å². The zero-order valence-electron chi connectivity index (χ0n) is 13.5. The third-order valence-electron chi connectivity index (χ3n) is 4.91. The molecule has 4 heteroatoms. The highest BCUT2D eigenvalue weighted by atomic mass is 16.5. The first-order chi connectivity index (χ1) is 10.7. The van der Waals surface area contributed by atoms with Crippen LogP contribution in [-0.4, -0.2) is 55.1 Å². The zero-order valence-corrected chi connectivity index (χ0v) is 13.5. The second kappa shape index (κ2) is 7.25. The molecule has 0 atom stereocenters. The van der Waals surface area contributed by atoms with Gasteiger partial charge in [-0.1, -0.05) is 24.3 Å². The molecule has 1 aromatic carbocycles. The summed E-state index contributed by atoms with van der Waals surface area (Å²) in [5, 5.41) is 0. The van der Waals surface area contributed by atoms with Crippen LogP contribution in [0.4, 0.5) is 0 Å². The molecule has 2 heterocycles. The Morgan fingerprint density at radius 2 is 1.82 bits per heavy atom. The predicted molar refractivity (Wildman–Crippen MR) is 86.6 cm³/mol. The summed E-state index contributed by atoms with van der Waals surface area (Å²) < 4.78 is 5.33. The Labute approximate surface area is 133 Å². The first-order valence-electron chi connectivity index (χ1n) is 8.37. The lowest BCUT2D eigenvalue weighted by atomic mass is 9.94. The fourth-order valence-electron chi connectivity index (χ4n) is 3.41. The number of morpholine rings is 1. The summed E-state index contributed by atoms with van der Waals surface area (Å²) in [7, 11) is 0. The first kappa shape index (κ1) is 15.5. The number of nitrogens with zero attached hydrogens (tertiary/aromatic N) is 2. The van der Waals surface area contributed by atoms with Crippen LogP contribution >= 0.6 is 0 Å². The lowest BCUT2D eigenvalue weighted by Gasteiger charge is -2.35. The van der Waals surface area contributed by atoms with E-state index in [2.05, 4.69) is 36.1 Å². The Morgan fingerprint density at radius 1 is 1.14 bits per heavy atom. The minimum atomic E-state index is 0.214. The van der Waals surface area contributed by atoms with Crippen molar-refractivity contribution in [2.45, 2.75) is 26.3 Å². The number of benzene rings is 1. The second-order valence-corrected chi connectivity index (χ2v) is 6.41. The molecule has 2 fully saturated rings. The molecule has 0 aliphatic carbocycles. The number of piperidine rings is 1. The van der Waals surface area contributed by atoms with E-state index < -0.39 is 0 Å². The molecule has 0 bridgehead atoms. The van der Waals surface area contributed by atoms with E-state index in [1.165, 1.54) is 11.1 Å². The van der Waals surface area contributed by atoms with Crippen LogP contribution in [0, 0.1) is 12.8 Å². The molecule has 120 valence electrons. The van der Waals surface area contributed by atoms with Crippen molar-refractivity contribution in [1.29, 1.82) is 0 Å². The molecule has 2 aliphatic rings. The maximum Gasteiger partial charge on any atom is 0.225 e. The van der Waals surface area contributed by atoms with Crippen molar-refractivity contribution in [1.82, 2.24) is 9.80 Å². The van der Waals surface area contributed by atoms with Gasteiger partial charge >= 0.3 is 0 Å². The summed E-state index contributed by atoms with van der Waals surface area (Å²) in [6, 6.07) is 8.58. The number of hydrogen-bond acceptors (Lipinski definition) is 3. The molecule has 0 aromatic heterocycles. The van der Waals surface area contributed by atoms with Crippen molar-refractivity contribution in [3.63, 3.8) is 0 Å². The van der Waals surface area contributed by atoms with Gasteiger partial charge < -0.3 is 9.64 Å². The van der Waals surface area contributed by atoms with Gasteiger partial charge in [-0.25, -0.2) is 0 Å². The van der Waals surface area contributed by atoms with E-state index in [1.54, 1.807) is 0 Å². The van der Waals surface area contributed by atoms with Crippen LogP contribution in [-0.2, 0) is 16.1 Å². The second-order valence-electron chi connectivity index (χ2n) is 6.41. The monoisotopic (exact) mass is 302 g/mol. The average Bonchev–Trinajstić information content (AvgIpc) is 2.58. The Kier molecular flexibility index (Phi) is 5.11. The smallest absolute Gasteiger partial charge is 0.225 e.